The fourth-order valence-electron chi connectivity index (χ4n) is 2.06. The van der Waals surface area contributed by atoms with Crippen molar-refractivity contribution in [2.24, 2.45) is 11.1 Å². The summed E-state index contributed by atoms with van der Waals surface area (Å²) >= 11 is 0. The van der Waals surface area contributed by atoms with Gasteiger partial charge in [-0.15, -0.1) is 0 Å². The molecule has 2 rings (SSSR count). The van der Waals surface area contributed by atoms with Gasteiger partial charge in [0, 0.05) is 6.08 Å². The number of oxime groups is 1. The minimum absolute atomic E-state index is 0.232. The van der Waals surface area contributed by atoms with E-state index in [1.165, 1.54) is 11.0 Å². The number of hydrogen-bond acceptors (Lipinski definition) is 5. The van der Waals surface area contributed by atoms with E-state index in [1.54, 1.807) is 20.8 Å². The third-order valence-electron chi connectivity index (χ3n) is 3.17. The zero-order chi connectivity index (χ0) is 15.1. The number of esters is 1. The quantitative estimate of drug-likeness (QED) is 0.723. The molecule has 0 aliphatic carbocycles. The molecule has 0 saturated carbocycles. The number of nitrogens with zero attached hydrogens (tertiary/aromatic N) is 2. The van der Waals surface area contributed by atoms with Gasteiger partial charge >= 0.3 is 5.97 Å². The minimum Gasteiger partial charge on any atom is -0.437 e. The first-order valence-electron chi connectivity index (χ1n) is 6.68. The molecule has 0 bridgehead atoms. The zero-order valence-electron chi connectivity index (χ0n) is 12.5. The summed E-state index contributed by atoms with van der Waals surface area (Å²) in [5.41, 5.74) is 0.245. The Balaban J connectivity index is 2.18. The van der Waals surface area contributed by atoms with E-state index in [4.69, 9.17) is 9.57 Å². The number of rotatable bonds is 2. The number of amidine groups is 1. The first kappa shape index (κ1) is 14.6. The minimum atomic E-state index is -0.714. The molecule has 110 valence electrons. The molecule has 0 aromatic rings. The van der Waals surface area contributed by atoms with Gasteiger partial charge in [0.15, 0.2) is 5.84 Å². The average Bonchev–Trinajstić information content (AvgIpc) is 2.79. The van der Waals surface area contributed by atoms with Gasteiger partial charge in [0.25, 0.3) is 5.91 Å². The van der Waals surface area contributed by atoms with Gasteiger partial charge in [-0.3, -0.25) is 14.5 Å². The molecule has 0 spiro atoms. The van der Waals surface area contributed by atoms with E-state index in [1.807, 2.05) is 13.8 Å². The van der Waals surface area contributed by atoms with Gasteiger partial charge in [0.2, 0.25) is 6.23 Å². The maximum Gasteiger partial charge on any atom is 0.310 e. The third-order valence-corrected chi connectivity index (χ3v) is 3.17. The highest BCUT2D eigenvalue weighted by molar-refractivity contribution is 6.06. The van der Waals surface area contributed by atoms with Crippen LogP contribution in [0, 0.1) is 5.92 Å². The van der Waals surface area contributed by atoms with Crippen LogP contribution < -0.4 is 0 Å². The molecular weight excluding hydrogens is 260 g/mol. The van der Waals surface area contributed by atoms with Crippen LogP contribution in [0.2, 0.25) is 0 Å². The Labute approximate surface area is 118 Å². The van der Waals surface area contributed by atoms with Crippen molar-refractivity contribution in [3.05, 3.63) is 11.6 Å². The average molecular weight is 280 g/mol. The molecule has 0 aromatic heterocycles. The summed E-state index contributed by atoms with van der Waals surface area (Å²) < 4.78 is 5.41. The Hall–Kier alpha value is -1.85. The lowest BCUT2D eigenvalue weighted by Gasteiger charge is -2.26. The Kier molecular flexibility index (Phi) is 3.58. The van der Waals surface area contributed by atoms with Crippen LogP contribution in [0.5, 0.6) is 0 Å². The van der Waals surface area contributed by atoms with Crippen LogP contribution in [-0.2, 0) is 19.2 Å². The molecule has 6 heteroatoms. The van der Waals surface area contributed by atoms with Gasteiger partial charge in [-0.1, -0.05) is 19.0 Å². The highest BCUT2D eigenvalue weighted by Gasteiger charge is 2.42. The van der Waals surface area contributed by atoms with Gasteiger partial charge in [0.1, 0.15) is 5.60 Å². The highest BCUT2D eigenvalue weighted by Crippen LogP contribution is 2.29. The van der Waals surface area contributed by atoms with E-state index < -0.39 is 11.8 Å². The molecule has 0 N–H and O–H groups in total. The molecule has 1 amide bonds. The molecular formula is C14H20N2O4. The molecule has 0 fully saturated rings. The topological polar surface area (TPSA) is 68.2 Å². The summed E-state index contributed by atoms with van der Waals surface area (Å²) in [6, 6.07) is 0. The molecule has 2 heterocycles. The first-order valence-corrected chi connectivity index (χ1v) is 6.68. The van der Waals surface area contributed by atoms with Crippen LogP contribution in [0.4, 0.5) is 0 Å². The lowest BCUT2D eigenvalue weighted by Crippen LogP contribution is -2.43. The molecule has 1 atom stereocenters. The number of hydrogen-bond donors (Lipinski definition) is 0. The number of amides is 1. The number of ether oxygens (including phenoxy) is 1. The Morgan fingerprint density at radius 2 is 2.20 bits per heavy atom. The molecule has 2 aliphatic rings. The second kappa shape index (κ2) is 4.92. The fraction of sp³-hybridized carbons (Fsp3) is 0.643. The molecule has 0 radical (unpaired) electrons. The largest absolute Gasteiger partial charge is 0.437 e. The molecule has 1 unspecified atom stereocenters. The summed E-state index contributed by atoms with van der Waals surface area (Å²) in [5.74, 6) is -0.335. The van der Waals surface area contributed by atoms with Crippen LogP contribution in [0.25, 0.3) is 0 Å². The van der Waals surface area contributed by atoms with Crippen molar-refractivity contribution in [3.8, 4) is 0 Å². The van der Waals surface area contributed by atoms with Crippen LogP contribution >= 0.6 is 0 Å². The fourth-order valence-corrected chi connectivity index (χ4v) is 2.06. The van der Waals surface area contributed by atoms with Crippen LogP contribution in [0.1, 0.15) is 41.0 Å². The van der Waals surface area contributed by atoms with Crippen molar-refractivity contribution >= 4 is 17.7 Å². The molecule has 2 aliphatic heterocycles. The van der Waals surface area contributed by atoms with Crippen LogP contribution in [-0.4, -0.2) is 34.4 Å². The normalized spacial score (nSPS) is 24.6. The summed E-state index contributed by atoms with van der Waals surface area (Å²) in [4.78, 5) is 30.5. The van der Waals surface area contributed by atoms with E-state index in [2.05, 4.69) is 5.16 Å². The van der Waals surface area contributed by atoms with Crippen LogP contribution in [0.15, 0.2) is 16.8 Å². The predicted octanol–water partition coefficient (Wildman–Crippen LogP) is 1.81. The van der Waals surface area contributed by atoms with Crippen molar-refractivity contribution in [1.29, 1.82) is 0 Å². The summed E-state index contributed by atoms with van der Waals surface area (Å²) in [6.07, 6.45) is 1.25. The zero-order valence-corrected chi connectivity index (χ0v) is 12.5. The Morgan fingerprint density at radius 3 is 2.70 bits per heavy atom. The number of carbonyl (C=O) groups excluding carboxylic acids is 2. The lowest BCUT2D eigenvalue weighted by atomic mass is 10.1. The standard InChI is InChI=1S/C14H20N2O4/c1-8(2)13(18)19-12-9(3)6-11(17)16(12)10-7-14(4,5)20-15-10/h6,8,12H,7H2,1-5H3. The van der Waals surface area contributed by atoms with Gasteiger partial charge < -0.3 is 9.57 Å². The van der Waals surface area contributed by atoms with Crippen molar-refractivity contribution in [2.75, 3.05) is 0 Å². The molecule has 0 saturated heterocycles. The van der Waals surface area contributed by atoms with Crippen molar-refractivity contribution in [1.82, 2.24) is 4.90 Å². The second-order valence-corrected chi connectivity index (χ2v) is 6.08. The SMILES string of the molecule is CC1=CC(=O)N(C2=NOC(C)(C)C2)C1OC(=O)C(C)C. The molecule has 6 nitrogen and oxygen atoms in total. The van der Waals surface area contributed by atoms with Gasteiger partial charge in [-0.2, -0.15) is 0 Å². The smallest absolute Gasteiger partial charge is 0.310 e. The van der Waals surface area contributed by atoms with Crippen LogP contribution in [0.3, 0.4) is 0 Å². The Bertz CT molecular complexity index is 505. The third kappa shape index (κ3) is 2.69. The van der Waals surface area contributed by atoms with Gasteiger partial charge in [0.05, 0.1) is 12.3 Å². The lowest BCUT2D eigenvalue weighted by molar-refractivity contribution is -0.157. The van der Waals surface area contributed by atoms with Gasteiger partial charge in [-0.05, 0) is 26.3 Å². The maximum absolute atomic E-state index is 12.1. The van der Waals surface area contributed by atoms with E-state index >= 15 is 0 Å². The van der Waals surface area contributed by atoms with Crippen molar-refractivity contribution in [2.45, 2.75) is 52.9 Å². The van der Waals surface area contributed by atoms with Crippen molar-refractivity contribution in [3.63, 3.8) is 0 Å². The van der Waals surface area contributed by atoms with E-state index in [0.717, 1.165) is 0 Å². The highest BCUT2D eigenvalue weighted by atomic mass is 16.7. The molecule has 20 heavy (non-hydrogen) atoms. The van der Waals surface area contributed by atoms with E-state index in [9.17, 15) is 9.59 Å². The number of carbonyl (C=O) groups is 2. The van der Waals surface area contributed by atoms with Gasteiger partial charge in [-0.25, -0.2) is 0 Å². The first-order chi connectivity index (χ1) is 9.21. The second-order valence-electron chi connectivity index (χ2n) is 6.08. The van der Waals surface area contributed by atoms with E-state index in [0.29, 0.717) is 17.8 Å². The summed E-state index contributed by atoms with van der Waals surface area (Å²) in [5, 5.41) is 3.95. The van der Waals surface area contributed by atoms with Crippen molar-refractivity contribution < 1.29 is 19.2 Å². The predicted molar refractivity (Wildman–Crippen MR) is 72.5 cm³/mol. The monoisotopic (exact) mass is 280 g/mol. The summed E-state index contributed by atoms with van der Waals surface area (Å²) in [6.45, 7) is 9.04. The Morgan fingerprint density at radius 1 is 1.55 bits per heavy atom. The molecule has 0 aromatic carbocycles. The maximum atomic E-state index is 12.1. The summed E-state index contributed by atoms with van der Waals surface area (Å²) in [7, 11) is 0. The van der Waals surface area contributed by atoms with E-state index in [-0.39, 0.29) is 17.8 Å².